The van der Waals surface area contributed by atoms with Gasteiger partial charge in [0.2, 0.25) is 11.7 Å². The molecule has 5 nitrogen and oxygen atoms in total. The van der Waals surface area contributed by atoms with E-state index in [-0.39, 0.29) is 5.56 Å². The van der Waals surface area contributed by atoms with Crippen LogP contribution in [0.4, 0.5) is 0 Å². The molecule has 2 aromatic heterocycles. The molecule has 0 amide bonds. The number of nitrogens with one attached hydrogen (secondary N) is 1. The molecule has 5 heteroatoms. The Bertz CT molecular complexity index is 743. The third-order valence-electron chi connectivity index (χ3n) is 2.58. The Morgan fingerprint density at radius 1 is 1.24 bits per heavy atom. The molecule has 2 heterocycles. The van der Waals surface area contributed by atoms with Crippen LogP contribution < -0.4 is 5.56 Å². The van der Waals surface area contributed by atoms with Crippen LogP contribution in [0, 0.1) is 6.92 Å². The van der Waals surface area contributed by atoms with Crippen molar-refractivity contribution in [1.29, 1.82) is 0 Å². The molecule has 0 bridgehead atoms. The number of hydrogen-bond acceptors (Lipinski definition) is 4. The van der Waals surface area contributed by atoms with Crippen LogP contribution >= 0.6 is 0 Å². The van der Waals surface area contributed by atoms with Gasteiger partial charge in [-0.05, 0) is 17.5 Å². The van der Waals surface area contributed by atoms with Gasteiger partial charge < -0.3 is 9.51 Å². The Labute approximate surface area is 96.1 Å². The zero-order chi connectivity index (χ0) is 11.8. The lowest BCUT2D eigenvalue weighted by Crippen LogP contribution is -2.04. The number of aromatic nitrogens is 3. The average molecular weight is 227 g/mol. The molecule has 1 aromatic carbocycles. The molecule has 0 aliphatic rings. The molecule has 0 unspecified atom stereocenters. The third kappa shape index (κ3) is 1.52. The maximum Gasteiger partial charge on any atom is 0.255 e. The van der Waals surface area contributed by atoms with Gasteiger partial charge in [0.25, 0.3) is 5.56 Å². The van der Waals surface area contributed by atoms with E-state index in [1.54, 1.807) is 25.3 Å². The molecule has 0 saturated heterocycles. The summed E-state index contributed by atoms with van der Waals surface area (Å²) < 4.78 is 4.95. The van der Waals surface area contributed by atoms with Gasteiger partial charge in [-0.1, -0.05) is 17.3 Å². The van der Waals surface area contributed by atoms with E-state index >= 15 is 0 Å². The van der Waals surface area contributed by atoms with Crippen LogP contribution in [0.3, 0.4) is 0 Å². The van der Waals surface area contributed by atoms with E-state index in [0.717, 1.165) is 10.9 Å². The summed E-state index contributed by atoms with van der Waals surface area (Å²) in [5, 5.41) is 5.30. The molecule has 84 valence electrons. The molecule has 0 radical (unpaired) electrons. The first-order valence-corrected chi connectivity index (χ1v) is 5.17. The van der Waals surface area contributed by atoms with Gasteiger partial charge in [0.15, 0.2) is 0 Å². The second kappa shape index (κ2) is 3.55. The van der Waals surface area contributed by atoms with Crippen molar-refractivity contribution in [1.82, 2.24) is 15.1 Å². The number of rotatable bonds is 1. The van der Waals surface area contributed by atoms with E-state index < -0.39 is 0 Å². The summed E-state index contributed by atoms with van der Waals surface area (Å²) in [6, 6.07) is 7.27. The van der Waals surface area contributed by atoms with Crippen molar-refractivity contribution >= 4 is 10.8 Å². The van der Waals surface area contributed by atoms with Gasteiger partial charge in [0, 0.05) is 24.1 Å². The number of nitrogens with zero attached hydrogens (tertiary/aromatic N) is 2. The van der Waals surface area contributed by atoms with Crippen molar-refractivity contribution < 1.29 is 4.52 Å². The van der Waals surface area contributed by atoms with Crippen LogP contribution in [0.1, 0.15) is 5.89 Å². The molecule has 0 aliphatic heterocycles. The second-order valence-electron chi connectivity index (χ2n) is 3.71. The Hall–Kier alpha value is -2.43. The monoisotopic (exact) mass is 227 g/mol. The number of aryl methyl sites for hydroxylation is 1. The smallest absolute Gasteiger partial charge is 0.255 e. The fourth-order valence-corrected chi connectivity index (χ4v) is 1.82. The summed E-state index contributed by atoms with van der Waals surface area (Å²) >= 11 is 0. The van der Waals surface area contributed by atoms with Crippen LogP contribution in [-0.2, 0) is 0 Å². The first-order chi connectivity index (χ1) is 8.25. The minimum Gasteiger partial charge on any atom is -0.339 e. The standard InChI is InChI=1S/C12H9N3O2/c1-7-14-11(15-17-7)9-3-2-4-10-8(9)5-6-13-12(10)16/h2-6H,1H3,(H,13,16). The Kier molecular flexibility index (Phi) is 2.04. The van der Waals surface area contributed by atoms with Crippen LogP contribution in [-0.4, -0.2) is 15.1 Å². The van der Waals surface area contributed by atoms with Crippen LogP contribution in [0.15, 0.2) is 39.8 Å². The molecule has 0 spiro atoms. The van der Waals surface area contributed by atoms with Gasteiger partial charge in [-0.2, -0.15) is 4.98 Å². The largest absolute Gasteiger partial charge is 0.339 e. The van der Waals surface area contributed by atoms with Crippen molar-refractivity contribution in [2.24, 2.45) is 0 Å². The van der Waals surface area contributed by atoms with Crippen LogP contribution in [0.2, 0.25) is 0 Å². The highest BCUT2D eigenvalue weighted by atomic mass is 16.5. The predicted octanol–water partition coefficient (Wildman–Crippen LogP) is 1.89. The van der Waals surface area contributed by atoms with Gasteiger partial charge in [0.05, 0.1) is 0 Å². The van der Waals surface area contributed by atoms with Crippen molar-refractivity contribution in [3.8, 4) is 11.4 Å². The first-order valence-electron chi connectivity index (χ1n) is 5.17. The first kappa shape index (κ1) is 9.77. The molecular formula is C12H9N3O2. The molecule has 3 rings (SSSR count). The summed E-state index contributed by atoms with van der Waals surface area (Å²) in [7, 11) is 0. The number of aromatic amines is 1. The Morgan fingerprint density at radius 2 is 2.12 bits per heavy atom. The van der Waals surface area contributed by atoms with E-state index in [1.807, 2.05) is 12.1 Å². The molecule has 0 aliphatic carbocycles. The number of hydrogen-bond donors (Lipinski definition) is 1. The van der Waals surface area contributed by atoms with Crippen molar-refractivity contribution in [3.05, 3.63) is 46.7 Å². The van der Waals surface area contributed by atoms with Gasteiger partial charge in [0.1, 0.15) is 0 Å². The summed E-state index contributed by atoms with van der Waals surface area (Å²) in [5.41, 5.74) is 0.676. The molecular weight excluding hydrogens is 218 g/mol. The molecule has 1 N–H and O–H groups in total. The number of pyridine rings is 1. The highest BCUT2D eigenvalue weighted by Crippen LogP contribution is 2.24. The quantitative estimate of drug-likeness (QED) is 0.689. The molecule has 3 aromatic rings. The second-order valence-corrected chi connectivity index (χ2v) is 3.71. The van der Waals surface area contributed by atoms with E-state index in [0.29, 0.717) is 17.1 Å². The fourth-order valence-electron chi connectivity index (χ4n) is 1.82. The SMILES string of the molecule is Cc1nc(-c2cccc3c(=O)[nH]ccc23)no1. The van der Waals surface area contributed by atoms with Crippen LogP contribution in [0.25, 0.3) is 22.2 Å². The maximum atomic E-state index is 11.6. The number of benzene rings is 1. The van der Waals surface area contributed by atoms with E-state index in [2.05, 4.69) is 15.1 Å². The van der Waals surface area contributed by atoms with Crippen molar-refractivity contribution in [2.75, 3.05) is 0 Å². The average Bonchev–Trinajstić information content (AvgIpc) is 2.76. The highest BCUT2D eigenvalue weighted by molar-refractivity contribution is 5.94. The topological polar surface area (TPSA) is 71.8 Å². The molecule has 0 fully saturated rings. The van der Waals surface area contributed by atoms with Gasteiger partial charge in [-0.15, -0.1) is 0 Å². The normalized spacial score (nSPS) is 10.9. The predicted molar refractivity (Wildman–Crippen MR) is 62.6 cm³/mol. The van der Waals surface area contributed by atoms with E-state index in [4.69, 9.17) is 4.52 Å². The zero-order valence-electron chi connectivity index (χ0n) is 9.10. The zero-order valence-corrected chi connectivity index (χ0v) is 9.10. The van der Waals surface area contributed by atoms with Crippen molar-refractivity contribution in [3.63, 3.8) is 0 Å². The Balaban J connectivity index is 2.38. The summed E-state index contributed by atoms with van der Waals surface area (Å²) in [4.78, 5) is 18.5. The summed E-state index contributed by atoms with van der Waals surface area (Å²) in [5.74, 6) is 1.00. The van der Waals surface area contributed by atoms with Crippen molar-refractivity contribution in [2.45, 2.75) is 6.92 Å². The lowest BCUT2D eigenvalue weighted by Gasteiger charge is -2.00. The number of H-pyrrole nitrogens is 1. The third-order valence-corrected chi connectivity index (χ3v) is 2.58. The molecule has 0 saturated carbocycles. The Morgan fingerprint density at radius 3 is 2.88 bits per heavy atom. The maximum absolute atomic E-state index is 11.6. The fraction of sp³-hybridized carbons (Fsp3) is 0.0833. The summed E-state index contributed by atoms with van der Waals surface area (Å²) in [6.07, 6.45) is 1.61. The molecule has 0 atom stereocenters. The van der Waals surface area contributed by atoms with Crippen LogP contribution in [0.5, 0.6) is 0 Å². The minimum atomic E-state index is -0.121. The lowest BCUT2D eigenvalue weighted by atomic mass is 10.1. The van der Waals surface area contributed by atoms with Gasteiger partial charge >= 0.3 is 0 Å². The van der Waals surface area contributed by atoms with E-state index in [9.17, 15) is 4.79 Å². The summed E-state index contributed by atoms with van der Waals surface area (Å²) in [6.45, 7) is 1.73. The van der Waals surface area contributed by atoms with Gasteiger partial charge in [-0.3, -0.25) is 4.79 Å². The highest BCUT2D eigenvalue weighted by Gasteiger charge is 2.10. The minimum absolute atomic E-state index is 0.121. The molecule has 17 heavy (non-hydrogen) atoms. The van der Waals surface area contributed by atoms with Gasteiger partial charge in [-0.25, -0.2) is 0 Å². The lowest BCUT2D eigenvalue weighted by molar-refractivity contribution is 0.394. The van der Waals surface area contributed by atoms with E-state index in [1.165, 1.54) is 0 Å². The number of fused-ring (bicyclic) bond motifs is 1.